The van der Waals surface area contributed by atoms with Crippen LogP contribution in [0.25, 0.3) is 0 Å². The van der Waals surface area contributed by atoms with Crippen molar-refractivity contribution in [3.05, 3.63) is 23.8 Å². The van der Waals surface area contributed by atoms with Crippen LogP contribution in [-0.2, 0) is 4.79 Å². The predicted octanol–water partition coefficient (Wildman–Crippen LogP) is 5.75. The zero-order chi connectivity index (χ0) is 21.9. The number of unbranched alkanes of at least 4 members (excludes halogenated alkanes) is 5. The van der Waals surface area contributed by atoms with E-state index in [-0.39, 0.29) is 17.9 Å². The lowest BCUT2D eigenvalue weighted by atomic mass is 9.97. The van der Waals surface area contributed by atoms with Gasteiger partial charge >= 0.3 is 0 Å². The quantitative estimate of drug-likeness (QED) is 0.452. The molecule has 0 unspecified atom stereocenters. The van der Waals surface area contributed by atoms with Gasteiger partial charge in [-0.1, -0.05) is 46.0 Å². The van der Waals surface area contributed by atoms with Gasteiger partial charge in [0.1, 0.15) is 0 Å². The van der Waals surface area contributed by atoms with Gasteiger partial charge in [-0.2, -0.15) is 0 Å². The van der Waals surface area contributed by atoms with E-state index >= 15 is 0 Å². The van der Waals surface area contributed by atoms with Gasteiger partial charge in [0.05, 0.1) is 5.56 Å². The van der Waals surface area contributed by atoms with E-state index in [1.54, 1.807) is 0 Å². The molecular weight excluding hydrogens is 374 g/mol. The first kappa shape index (κ1) is 24.2. The number of nitrogens with zero attached hydrogens (tertiary/aromatic N) is 1. The number of nitrogens with one attached hydrogen (secondary N) is 2. The maximum Gasteiger partial charge on any atom is 0.253 e. The standard InChI is InChI=1S/C25H41N3O2/c1-5-6-7-8-9-10-11-24(29)27-21-12-13-23(28-16-14-20(4)15-17-28)22(18-21)25(30)26-19(2)3/h12-13,18-20H,5-11,14-17H2,1-4H3,(H,26,30)(H,27,29). The van der Waals surface area contributed by atoms with Crippen LogP contribution in [0.15, 0.2) is 18.2 Å². The van der Waals surface area contributed by atoms with Crippen molar-refractivity contribution in [2.45, 2.75) is 91.5 Å². The summed E-state index contributed by atoms with van der Waals surface area (Å²) in [5, 5.41) is 6.00. The molecule has 1 saturated heterocycles. The van der Waals surface area contributed by atoms with Crippen molar-refractivity contribution >= 4 is 23.2 Å². The molecule has 5 heteroatoms. The molecule has 2 N–H and O–H groups in total. The fourth-order valence-electron chi connectivity index (χ4n) is 3.95. The first-order valence-corrected chi connectivity index (χ1v) is 11.9. The average molecular weight is 416 g/mol. The number of rotatable bonds is 11. The number of benzene rings is 1. The zero-order valence-electron chi connectivity index (χ0n) is 19.4. The number of hydrogen-bond acceptors (Lipinski definition) is 3. The van der Waals surface area contributed by atoms with Crippen LogP contribution >= 0.6 is 0 Å². The predicted molar refractivity (Wildman–Crippen MR) is 126 cm³/mol. The molecule has 2 rings (SSSR count). The van der Waals surface area contributed by atoms with Crippen LogP contribution in [0.5, 0.6) is 0 Å². The van der Waals surface area contributed by atoms with Gasteiger partial charge < -0.3 is 15.5 Å². The largest absolute Gasteiger partial charge is 0.371 e. The Labute approximate surface area is 183 Å². The van der Waals surface area contributed by atoms with E-state index in [9.17, 15) is 9.59 Å². The van der Waals surface area contributed by atoms with Gasteiger partial charge in [-0.3, -0.25) is 9.59 Å². The van der Waals surface area contributed by atoms with Crippen LogP contribution in [0.2, 0.25) is 0 Å². The molecule has 0 spiro atoms. The monoisotopic (exact) mass is 415 g/mol. The zero-order valence-corrected chi connectivity index (χ0v) is 19.4. The van der Waals surface area contributed by atoms with Gasteiger partial charge in [0.25, 0.3) is 5.91 Å². The third kappa shape index (κ3) is 8.00. The van der Waals surface area contributed by atoms with Gasteiger partial charge in [-0.15, -0.1) is 0 Å². The van der Waals surface area contributed by atoms with Crippen molar-refractivity contribution in [1.29, 1.82) is 0 Å². The molecule has 0 radical (unpaired) electrons. The van der Waals surface area contributed by atoms with Gasteiger partial charge in [0.15, 0.2) is 0 Å². The normalized spacial score (nSPS) is 14.8. The molecule has 0 bridgehead atoms. The molecule has 0 aliphatic carbocycles. The van der Waals surface area contributed by atoms with E-state index in [0.29, 0.717) is 17.7 Å². The molecule has 1 heterocycles. The molecule has 1 aliphatic rings. The second kappa shape index (κ2) is 12.6. The Morgan fingerprint density at radius 1 is 1.07 bits per heavy atom. The third-order valence-corrected chi connectivity index (χ3v) is 5.83. The van der Waals surface area contributed by atoms with Crippen molar-refractivity contribution in [3.8, 4) is 0 Å². The Morgan fingerprint density at radius 3 is 2.40 bits per heavy atom. The van der Waals surface area contributed by atoms with Gasteiger partial charge in [0.2, 0.25) is 5.91 Å². The summed E-state index contributed by atoms with van der Waals surface area (Å²) in [6, 6.07) is 5.83. The number of hydrogen-bond donors (Lipinski definition) is 2. The molecule has 2 amide bonds. The Balaban J connectivity index is 2.02. The minimum absolute atomic E-state index is 0.0280. The fraction of sp³-hybridized carbons (Fsp3) is 0.680. The van der Waals surface area contributed by atoms with E-state index in [1.807, 2.05) is 32.0 Å². The lowest BCUT2D eigenvalue weighted by Gasteiger charge is -2.33. The molecule has 0 atom stereocenters. The summed E-state index contributed by atoms with van der Waals surface area (Å²) in [4.78, 5) is 27.5. The minimum atomic E-state index is -0.0781. The second-order valence-corrected chi connectivity index (χ2v) is 9.10. The van der Waals surface area contributed by atoms with E-state index in [0.717, 1.165) is 50.4 Å². The minimum Gasteiger partial charge on any atom is -0.371 e. The average Bonchev–Trinajstić information content (AvgIpc) is 2.71. The molecule has 1 aliphatic heterocycles. The Hall–Kier alpha value is -2.04. The summed E-state index contributed by atoms with van der Waals surface area (Å²) in [5.41, 5.74) is 2.32. The fourth-order valence-corrected chi connectivity index (χ4v) is 3.95. The summed E-state index contributed by atoms with van der Waals surface area (Å²) in [5.74, 6) is 0.681. The summed E-state index contributed by atoms with van der Waals surface area (Å²) in [7, 11) is 0. The lowest BCUT2D eigenvalue weighted by molar-refractivity contribution is -0.116. The van der Waals surface area contributed by atoms with Crippen molar-refractivity contribution in [3.63, 3.8) is 0 Å². The third-order valence-electron chi connectivity index (χ3n) is 5.83. The summed E-state index contributed by atoms with van der Waals surface area (Å²) in [6.07, 6.45) is 9.79. The topological polar surface area (TPSA) is 61.4 Å². The number of amides is 2. The van der Waals surface area contributed by atoms with Gasteiger partial charge in [-0.05, 0) is 57.2 Å². The molecule has 1 aromatic carbocycles. The number of carbonyl (C=O) groups is 2. The maximum absolute atomic E-state index is 12.9. The number of anilines is 2. The highest BCUT2D eigenvalue weighted by molar-refractivity contribution is 6.02. The summed E-state index contributed by atoms with van der Waals surface area (Å²) < 4.78 is 0. The van der Waals surface area contributed by atoms with Crippen LogP contribution < -0.4 is 15.5 Å². The molecule has 1 fully saturated rings. The molecule has 0 aromatic heterocycles. The maximum atomic E-state index is 12.9. The lowest BCUT2D eigenvalue weighted by Crippen LogP contribution is -2.36. The van der Waals surface area contributed by atoms with Crippen molar-refractivity contribution in [2.24, 2.45) is 5.92 Å². The van der Waals surface area contributed by atoms with Crippen LogP contribution in [0, 0.1) is 5.92 Å². The molecule has 1 aromatic rings. The summed E-state index contributed by atoms with van der Waals surface area (Å²) in [6.45, 7) is 10.4. The van der Waals surface area contributed by atoms with E-state index in [1.165, 1.54) is 25.7 Å². The molecular formula is C25H41N3O2. The molecule has 0 saturated carbocycles. The molecule has 5 nitrogen and oxygen atoms in total. The SMILES string of the molecule is CCCCCCCCC(=O)Nc1ccc(N2CCC(C)CC2)c(C(=O)NC(C)C)c1. The second-order valence-electron chi connectivity index (χ2n) is 9.10. The van der Waals surface area contributed by atoms with Crippen LogP contribution in [0.1, 0.15) is 95.8 Å². The number of carbonyl (C=O) groups excluding carboxylic acids is 2. The van der Waals surface area contributed by atoms with Crippen molar-refractivity contribution in [2.75, 3.05) is 23.3 Å². The molecule has 30 heavy (non-hydrogen) atoms. The number of piperidine rings is 1. The highest BCUT2D eigenvalue weighted by Crippen LogP contribution is 2.29. The Bertz CT molecular complexity index is 679. The van der Waals surface area contributed by atoms with Gasteiger partial charge in [0, 0.05) is 36.9 Å². The molecule has 168 valence electrons. The van der Waals surface area contributed by atoms with Gasteiger partial charge in [-0.25, -0.2) is 0 Å². The smallest absolute Gasteiger partial charge is 0.253 e. The van der Waals surface area contributed by atoms with E-state index in [4.69, 9.17) is 0 Å². The van der Waals surface area contributed by atoms with Crippen molar-refractivity contribution in [1.82, 2.24) is 5.32 Å². The van der Waals surface area contributed by atoms with Crippen molar-refractivity contribution < 1.29 is 9.59 Å². The van der Waals surface area contributed by atoms with E-state index < -0.39 is 0 Å². The van der Waals surface area contributed by atoms with Crippen LogP contribution in [0.4, 0.5) is 11.4 Å². The highest BCUT2D eigenvalue weighted by atomic mass is 16.2. The van der Waals surface area contributed by atoms with E-state index in [2.05, 4.69) is 29.4 Å². The summed E-state index contributed by atoms with van der Waals surface area (Å²) >= 11 is 0. The first-order valence-electron chi connectivity index (χ1n) is 11.9. The Kier molecular flexibility index (Phi) is 10.2. The highest BCUT2D eigenvalue weighted by Gasteiger charge is 2.22. The van der Waals surface area contributed by atoms with Crippen LogP contribution in [-0.4, -0.2) is 30.9 Å². The van der Waals surface area contributed by atoms with Crippen LogP contribution in [0.3, 0.4) is 0 Å². The first-order chi connectivity index (χ1) is 14.4. The Morgan fingerprint density at radius 2 is 1.73 bits per heavy atom.